The van der Waals surface area contributed by atoms with Crippen molar-refractivity contribution in [2.24, 2.45) is 17.3 Å². The first kappa shape index (κ1) is 21.4. The van der Waals surface area contributed by atoms with E-state index in [9.17, 15) is 4.79 Å². The van der Waals surface area contributed by atoms with Gasteiger partial charge in [-0.3, -0.25) is 4.79 Å². The molecule has 5 atom stereocenters. The van der Waals surface area contributed by atoms with E-state index in [1.807, 2.05) is 6.08 Å². The lowest BCUT2D eigenvalue weighted by Gasteiger charge is -2.54. The fourth-order valence-electron chi connectivity index (χ4n) is 8.03. The standard InChI is InChI=1S/C30H36O3/c1-19(2)33-23-9-5-20(6-10-23)26-18-29(3)27(13-15-30(29)14-4-16-32-30)25-11-7-21-17-22(31)8-12-24(21)28(25)26/h4-6,9-10,14,17,19,25-27H,7-8,11-13,15-16,18H2,1-3H3/t25-,26+,27-,29-,30-/m0/s1. The molecule has 0 amide bonds. The van der Waals surface area contributed by atoms with Gasteiger partial charge >= 0.3 is 0 Å². The van der Waals surface area contributed by atoms with Gasteiger partial charge in [-0.05, 0) is 99.1 Å². The summed E-state index contributed by atoms with van der Waals surface area (Å²) in [4.78, 5) is 12.2. The molecule has 5 aliphatic rings. The maximum Gasteiger partial charge on any atom is 0.156 e. The van der Waals surface area contributed by atoms with Crippen LogP contribution in [0.2, 0.25) is 0 Å². The maximum absolute atomic E-state index is 12.2. The largest absolute Gasteiger partial charge is 0.491 e. The van der Waals surface area contributed by atoms with Crippen LogP contribution in [0.4, 0.5) is 0 Å². The van der Waals surface area contributed by atoms with Gasteiger partial charge in [0, 0.05) is 17.8 Å². The zero-order valence-electron chi connectivity index (χ0n) is 20.2. The average molecular weight is 445 g/mol. The Hall–Kier alpha value is -2.13. The molecule has 0 saturated heterocycles. The summed E-state index contributed by atoms with van der Waals surface area (Å²) in [5.74, 6) is 2.88. The quantitative estimate of drug-likeness (QED) is 0.487. The fourth-order valence-corrected chi connectivity index (χ4v) is 8.03. The minimum absolute atomic E-state index is 0.106. The van der Waals surface area contributed by atoms with Gasteiger partial charge in [0.2, 0.25) is 0 Å². The summed E-state index contributed by atoms with van der Waals surface area (Å²) in [6.45, 7) is 7.41. The monoisotopic (exact) mass is 444 g/mol. The van der Waals surface area contributed by atoms with E-state index in [2.05, 4.69) is 57.2 Å². The van der Waals surface area contributed by atoms with Crippen LogP contribution in [0, 0.1) is 17.3 Å². The van der Waals surface area contributed by atoms with E-state index in [0.717, 1.165) is 38.0 Å². The van der Waals surface area contributed by atoms with E-state index in [1.54, 1.807) is 5.57 Å². The average Bonchev–Trinajstić information content (AvgIpc) is 3.39. The molecule has 0 N–H and O–H groups in total. The Morgan fingerprint density at radius 1 is 1.09 bits per heavy atom. The molecule has 1 aromatic rings. The molecule has 3 nitrogen and oxygen atoms in total. The molecule has 174 valence electrons. The van der Waals surface area contributed by atoms with E-state index in [-0.39, 0.29) is 17.1 Å². The summed E-state index contributed by atoms with van der Waals surface area (Å²) < 4.78 is 12.5. The number of hydrogen-bond donors (Lipinski definition) is 0. The third-order valence-electron chi connectivity index (χ3n) is 9.40. The van der Waals surface area contributed by atoms with Crippen molar-refractivity contribution < 1.29 is 14.3 Å². The van der Waals surface area contributed by atoms with Crippen LogP contribution in [0.5, 0.6) is 5.75 Å². The maximum atomic E-state index is 12.2. The molecule has 33 heavy (non-hydrogen) atoms. The molecule has 2 fully saturated rings. The number of carbonyl (C=O) groups is 1. The Morgan fingerprint density at radius 2 is 1.91 bits per heavy atom. The number of carbonyl (C=O) groups excluding carboxylic acids is 1. The lowest BCUT2D eigenvalue weighted by atomic mass is 9.51. The molecule has 0 bridgehead atoms. The first-order valence-electron chi connectivity index (χ1n) is 13.0. The molecule has 0 radical (unpaired) electrons. The summed E-state index contributed by atoms with van der Waals surface area (Å²) >= 11 is 0. The first-order valence-corrected chi connectivity index (χ1v) is 13.0. The SMILES string of the molecule is CC(C)Oc1ccc([C@H]2C[C@@]3(C)[C@@H](CC[C@@]34C=CCO4)[C@@H]3CCC4=CC(=O)CCC4=C32)cc1. The van der Waals surface area contributed by atoms with Crippen LogP contribution in [-0.2, 0) is 9.53 Å². The second-order valence-electron chi connectivity index (χ2n) is 11.4. The Bertz CT molecular complexity index is 1060. The summed E-state index contributed by atoms with van der Waals surface area (Å²) in [6, 6.07) is 8.86. The molecular formula is C30H36O3. The molecule has 4 aliphatic carbocycles. The smallest absolute Gasteiger partial charge is 0.156 e. The van der Waals surface area contributed by atoms with Gasteiger partial charge in [0.05, 0.1) is 18.3 Å². The lowest BCUT2D eigenvalue weighted by Crippen LogP contribution is -2.51. The van der Waals surface area contributed by atoms with Crippen molar-refractivity contribution >= 4 is 5.78 Å². The van der Waals surface area contributed by atoms with Gasteiger partial charge in [-0.15, -0.1) is 0 Å². The summed E-state index contributed by atoms with van der Waals surface area (Å²) in [5, 5.41) is 0. The van der Waals surface area contributed by atoms with Gasteiger partial charge in [0.25, 0.3) is 0 Å². The van der Waals surface area contributed by atoms with Crippen molar-refractivity contribution in [1.29, 1.82) is 0 Å². The van der Waals surface area contributed by atoms with Crippen LogP contribution in [0.3, 0.4) is 0 Å². The molecule has 2 saturated carbocycles. The molecule has 1 aromatic carbocycles. The van der Waals surface area contributed by atoms with Gasteiger partial charge < -0.3 is 9.47 Å². The summed E-state index contributed by atoms with van der Waals surface area (Å²) in [5.41, 5.74) is 5.92. The van der Waals surface area contributed by atoms with Crippen molar-refractivity contribution in [2.75, 3.05) is 6.61 Å². The minimum atomic E-state index is -0.106. The van der Waals surface area contributed by atoms with E-state index >= 15 is 0 Å². The van der Waals surface area contributed by atoms with Crippen LogP contribution in [0.25, 0.3) is 0 Å². The third kappa shape index (κ3) is 3.22. The molecule has 1 aliphatic heterocycles. The predicted molar refractivity (Wildman–Crippen MR) is 130 cm³/mol. The fraction of sp³-hybridized carbons (Fsp3) is 0.567. The zero-order chi connectivity index (χ0) is 22.8. The number of hydrogen-bond acceptors (Lipinski definition) is 3. The summed E-state index contributed by atoms with van der Waals surface area (Å²) in [7, 11) is 0. The topological polar surface area (TPSA) is 35.5 Å². The normalized spacial score (nSPS) is 37.3. The third-order valence-corrected chi connectivity index (χ3v) is 9.40. The van der Waals surface area contributed by atoms with E-state index in [1.165, 1.54) is 29.6 Å². The van der Waals surface area contributed by atoms with Crippen molar-refractivity contribution in [3.63, 3.8) is 0 Å². The van der Waals surface area contributed by atoms with E-state index in [0.29, 0.717) is 30.0 Å². The zero-order valence-corrected chi connectivity index (χ0v) is 20.2. The lowest BCUT2D eigenvalue weighted by molar-refractivity contribution is -0.114. The highest BCUT2D eigenvalue weighted by atomic mass is 16.5. The van der Waals surface area contributed by atoms with Crippen LogP contribution in [-0.4, -0.2) is 24.1 Å². The molecule has 0 aromatic heterocycles. The number of rotatable bonds is 3. The van der Waals surface area contributed by atoms with Gasteiger partial charge in [0.15, 0.2) is 5.78 Å². The Balaban J connectivity index is 1.47. The van der Waals surface area contributed by atoms with Crippen molar-refractivity contribution in [3.05, 3.63) is 64.8 Å². The predicted octanol–water partition coefficient (Wildman–Crippen LogP) is 6.70. The first-order chi connectivity index (χ1) is 15.9. The van der Waals surface area contributed by atoms with E-state index < -0.39 is 0 Å². The van der Waals surface area contributed by atoms with Crippen molar-refractivity contribution in [3.8, 4) is 5.75 Å². The van der Waals surface area contributed by atoms with Crippen molar-refractivity contribution in [2.45, 2.75) is 83.3 Å². The molecule has 3 heteroatoms. The highest BCUT2D eigenvalue weighted by Crippen LogP contribution is 2.68. The number of allylic oxidation sites excluding steroid dienone is 4. The Kier molecular flexibility index (Phi) is 4.99. The molecule has 0 unspecified atom stereocenters. The Morgan fingerprint density at radius 3 is 2.64 bits per heavy atom. The minimum Gasteiger partial charge on any atom is -0.491 e. The highest BCUT2D eigenvalue weighted by molar-refractivity contribution is 5.93. The van der Waals surface area contributed by atoms with Crippen LogP contribution >= 0.6 is 0 Å². The molecule has 6 rings (SSSR count). The number of fused-ring (bicyclic) bond motifs is 5. The number of ether oxygens (including phenoxy) is 2. The number of ketones is 1. The Labute approximate surface area is 197 Å². The van der Waals surface area contributed by atoms with E-state index in [4.69, 9.17) is 9.47 Å². The van der Waals surface area contributed by atoms with Crippen LogP contribution in [0.1, 0.15) is 77.2 Å². The molecule has 1 spiro atoms. The number of benzene rings is 1. The van der Waals surface area contributed by atoms with Crippen LogP contribution in [0.15, 0.2) is 59.2 Å². The van der Waals surface area contributed by atoms with Gasteiger partial charge in [-0.1, -0.05) is 36.8 Å². The second kappa shape index (κ2) is 7.70. The molecular weight excluding hydrogens is 408 g/mol. The van der Waals surface area contributed by atoms with Gasteiger partial charge in [-0.2, -0.15) is 0 Å². The molecule has 1 heterocycles. The van der Waals surface area contributed by atoms with Crippen LogP contribution < -0.4 is 4.74 Å². The van der Waals surface area contributed by atoms with Gasteiger partial charge in [-0.25, -0.2) is 0 Å². The highest BCUT2D eigenvalue weighted by Gasteiger charge is 2.63. The van der Waals surface area contributed by atoms with Crippen molar-refractivity contribution in [1.82, 2.24) is 0 Å². The van der Waals surface area contributed by atoms with Gasteiger partial charge in [0.1, 0.15) is 5.75 Å². The second-order valence-corrected chi connectivity index (χ2v) is 11.4. The summed E-state index contributed by atoms with van der Waals surface area (Å²) in [6.07, 6.45) is 14.1.